The molecule has 0 amide bonds. The molecule has 0 aliphatic carbocycles. The second-order valence-corrected chi connectivity index (χ2v) is 8.43. The summed E-state index contributed by atoms with van der Waals surface area (Å²) in [6, 6.07) is 0. The molecule has 27 heavy (non-hydrogen) atoms. The molecule has 0 saturated carbocycles. The highest BCUT2D eigenvalue weighted by Crippen LogP contribution is 2.13. The van der Waals surface area contributed by atoms with Crippen LogP contribution in [-0.2, 0) is 0 Å². The minimum absolute atomic E-state index is 0.804. The summed E-state index contributed by atoms with van der Waals surface area (Å²) >= 11 is 0. The maximum atomic E-state index is 5.64. The Balaban J connectivity index is 3.24. The van der Waals surface area contributed by atoms with Gasteiger partial charge in [-0.2, -0.15) is 0 Å². The van der Waals surface area contributed by atoms with Crippen LogP contribution in [0.1, 0.15) is 122 Å². The lowest BCUT2D eigenvalue weighted by molar-refractivity contribution is 0.263. The molecule has 0 aliphatic rings. The first-order valence-corrected chi connectivity index (χ1v) is 12.5. The quantitative estimate of drug-likeness (QED) is 0.205. The fourth-order valence-corrected chi connectivity index (χ4v) is 3.85. The van der Waals surface area contributed by atoms with Gasteiger partial charge in [0, 0.05) is 0 Å². The summed E-state index contributed by atoms with van der Waals surface area (Å²) in [7, 11) is 0. The monoisotopic (exact) mass is 383 g/mol. The number of nitrogens with two attached hydrogens (primary N) is 2. The predicted octanol–water partition coefficient (Wildman–Crippen LogP) is 6.25. The minimum Gasteiger partial charge on any atom is -0.330 e. The standard InChI is InChI=1S/C24H53N3/c1-2-3-4-5-6-7-8-9-10-11-12-13-14-15-16-17-22-27(23-18-20-25)24-19-21-26/h2-26H2,1H3. The molecule has 164 valence electrons. The van der Waals surface area contributed by atoms with Crippen LogP contribution in [0.2, 0.25) is 0 Å². The number of rotatable bonds is 23. The van der Waals surface area contributed by atoms with Gasteiger partial charge in [0.2, 0.25) is 0 Å². The Morgan fingerprint density at radius 1 is 0.407 bits per heavy atom. The van der Waals surface area contributed by atoms with E-state index in [1.807, 2.05) is 0 Å². The highest BCUT2D eigenvalue weighted by Gasteiger charge is 2.03. The van der Waals surface area contributed by atoms with Gasteiger partial charge in [0.1, 0.15) is 0 Å². The maximum absolute atomic E-state index is 5.64. The number of hydrogen-bond donors (Lipinski definition) is 2. The van der Waals surface area contributed by atoms with Crippen LogP contribution in [0, 0.1) is 0 Å². The van der Waals surface area contributed by atoms with E-state index < -0.39 is 0 Å². The van der Waals surface area contributed by atoms with Crippen LogP contribution < -0.4 is 11.5 Å². The molecule has 0 bridgehead atoms. The van der Waals surface area contributed by atoms with Gasteiger partial charge < -0.3 is 16.4 Å². The molecule has 0 fully saturated rings. The second-order valence-electron chi connectivity index (χ2n) is 8.43. The summed E-state index contributed by atoms with van der Waals surface area (Å²) in [5.74, 6) is 0. The third kappa shape index (κ3) is 22.0. The van der Waals surface area contributed by atoms with Crippen LogP contribution in [0.4, 0.5) is 0 Å². The molecule has 0 atom stereocenters. The summed E-state index contributed by atoms with van der Waals surface area (Å²) in [5.41, 5.74) is 11.3. The summed E-state index contributed by atoms with van der Waals surface area (Å²) in [4.78, 5) is 2.56. The normalized spacial score (nSPS) is 11.6. The van der Waals surface area contributed by atoms with E-state index in [-0.39, 0.29) is 0 Å². The number of hydrogen-bond acceptors (Lipinski definition) is 3. The number of unbranched alkanes of at least 4 members (excludes halogenated alkanes) is 15. The lowest BCUT2D eigenvalue weighted by Gasteiger charge is -2.21. The average molecular weight is 384 g/mol. The smallest absolute Gasteiger partial charge is 0.000671 e. The van der Waals surface area contributed by atoms with E-state index in [1.165, 1.54) is 109 Å². The number of nitrogens with zero attached hydrogens (tertiary/aromatic N) is 1. The highest BCUT2D eigenvalue weighted by atomic mass is 15.1. The van der Waals surface area contributed by atoms with Gasteiger partial charge >= 0.3 is 0 Å². The van der Waals surface area contributed by atoms with Crippen LogP contribution in [0.15, 0.2) is 0 Å². The van der Waals surface area contributed by atoms with E-state index in [2.05, 4.69) is 11.8 Å². The average Bonchev–Trinajstić information content (AvgIpc) is 2.69. The van der Waals surface area contributed by atoms with Gasteiger partial charge in [-0.25, -0.2) is 0 Å². The summed E-state index contributed by atoms with van der Waals surface area (Å²) in [6.07, 6.45) is 25.2. The summed E-state index contributed by atoms with van der Waals surface area (Å²) in [6.45, 7) is 7.43. The van der Waals surface area contributed by atoms with Gasteiger partial charge in [0.25, 0.3) is 0 Å². The molecule has 0 radical (unpaired) electrons. The molecule has 0 spiro atoms. The molecule has 0 aromatic heterocycles. The van der Waals surface area contributed by atoms with Crippen LogP contribution in [0.3, 0.4) is 0 Å². The zero-order valence-electron chi connectivity index (χ0n) is 18.9. The Hall–Kier alpha value is -0.120. The van der Waals surface area contributed by atoms with Crippen molar-refractivity contribution in [2.24, 2.45) is 11.5 Å². The van der Waals surface area contributed by atoms with Gasteiger partial charge in [-0.1, -0.05) is 103 Å². The van der Waals surface area contributed by atoms with E-state index in [4.69, 9.17) is 11.5 Å². The molecule has 0 unspecified atom stereocenters. The zero-order chi connectivity index (χ0) is 19.8. The summed E-state index contributed by atoms with van der Waals surface area (Å²) in [5, 5.41) is 0. The second kappa shape index (κ2) is 23.9. The van der Waals surface area contributed by atoms with Crippen molar-refractivity contribution in [1.82, 2.24) is 4.90 Å². The van der Waals surface area contributed by atoms with E-state index in [0.717, 1.165) is 39.0 Å². The Labute approximate surface area is 172 Å². The van der Waals surface area contributed by atoms with E-state index in [9.17, 15) is 0 Å². The SMILES string of the molecule is CCCCCCCCCCCCCCCCCCN(CCCN)CCCN. The van der Waals surface area contributed by atoms with Crippen molar-refractivity contribution in [3.63, 3.8) is 0 Å². The molecule has 0 saturated heterocycles. The van der Waals surface area contributed by atoms with E-state index in [1.54, 1.807) is 0 Å². The minimum atomic E-state index is 0.804. The third-order valence-corrected chi connectivity index (χ3v) is 5.68. The maximum Gasteiger partial charge on any atom is -0.000671 e. The predicted molar refractivity (Wildman–Crippen MR) is 123 cm³/mol. The van der Waals surface area contributed by atoms with Crippen molar-refractivity contribution in [3.05, 3.63) is 0 Å². The molecule has 3 heteroatoms. The van der Waals surface area contributed by atoms with Crippen molar-refractivity contribution in [1.29, 1.82) is 0 Å². The van der Waals surface area contributed by atoms with Crippen molar-refractivity contribution in [2.45, 2.75) is 122 Å². The lowest BCUT2D eigenvalue weighted by atomic mass is 10.0. The van der Waals surface area contributed by atoms with E-state index in [0.29, 0.717) is 0 Å². The largest absolute Gasteiger partial charge is 0.330 e. The van der Waals surface area contributed by atoms with Crippen molar-refractivity contribution < 1.29 is 0 Å². The van der Waals surface area contributed by atoms with Crippen molar-refractivity contribution >= 4 is 0 Å². The Morgan fingerprint density at radius 2 is 0.704 bits per heavy atom. The fraction of sp³-hybridized carbons (Fsp3) is 1.00. The van der Waals surface area contributed by atoms with Crippen LogP contribution in [-0.4, -0.2) is 37.6 Å². The van der Waals surface area contributed by atoms with E-state index >= 15 is 0 Å². The topological polar surface area (TPSA) is 55.3 Å². The Morgan fingerprint density at radius 3 is 1.04 bits per heavy atom. The molecule has 0 rings (SSSR count). The van der Waals surface area contributed by atoms with Crippen LogP contribution in [0.5, 0.6) is 0 Å². The molecule has 0 heterocycles. The molecule has 3 nitrogen and oxygen atoms in total. The Kier molecular flexibility index (Phi) is 23.8. The zero-order valence-corrected chi connectivity index (χ0v) is 18.9. The van der Waals surface area contributed by atoms with Crippen molar-refractivity contribution in [2.75, 3.05) is 32.7 Å². The summed E-state index contributed by atoms with van der Waals surface area (Å²) < 4.78 is 0. The van der Waals surface area contributed by atoms with Gasteiger partial charge in [-0.3, -0.25) is 0 Å². The molecular formula is C24H53N3. The van der Waals surface area contributed by atoms with Gasteiger partial charge in [-0.15, -0.1) is 0 Å². The lowest BCUT2D eigenvalue weighted by Crippen LogP contribution is -2.29. The van der Waals surface area contributed by atoms with Gasteiger partial charge in [-0.05, 0) is 52.0 Å². The first-order valence-electron chi connectivity index (χ1n) is 12.5. The first kappa shape index (κ1) is 26.9. The van der Waals surface area contributed by atoms with Crippen molar-refractivity contribution in [3.8, 4) is 0 Å². The Bertz CT molecular complexity index is 250. The molecule has 0 aliphatic heterocycles. The van der Waals surface area contributed by atoms with Gasteiger partial charge in [0.05, 0.1) is 0 Å². The molecule has 4 N–H and O–H groups in total. The molecule has 0 aromatic rings. The van der Waals surface area contributed by atoms with Crippen LogP contribution in [0.25, 0.3) is 0 Å². The highest BCUT2D eigenvalue weighted by molar-refractivity contribution is 4.60. The molecular weight excluding hydrogens is 330 g/mol. The van der Waals surface area contributed by atoms with Gasteiger partial charge in [0.15, 0.2) is 0 Å². The fourth-order valence-electron chi connectivity index (χ4n) is 3.85. The third-order valence-electron chi connectivity index (χ3n) is 5.68. The molecule has 0 aromatic carbocycles. The van der Waals surface area contributed by atoms with Crippen LogP contribution >= 0.6 is 0 Å². The first-order chi connectivity index (χ1) is 13.3.